The molecule has 5 aromatic rings. The first kappa shape index (κ1) is 28.2. The number of fused-ring (bicyclic) bond motifs is 1. The molecule has 5 rings (SSSR count). The first-order chi connectivity index (χ1) is 19.7. The van der Waals surface area contributed by atoms with Crippen LogP contribution < -0.4 is 4.72 Å². The molecule has 41 heavy (non-hydrogen) atoms. The normalized spacial score (nSPS) is 11.6. The molecule has 7 nitrogen and oxygen atoms in total. The molecule has 0 atom stereocenters. The summed E-state index contributed by atoms with van der Waals surface area (Å²) in [5.41, 5.74) is 7.54. The van der Waals surface area contributed by atoms with Crippen LogP contribution in [0.25, 0.3) is 22.3 Å². The van der Waals surface area contributed by atoms with Gasteiger partial charge in [-0.15, -0.1) is 0 Å². The molecule has 2 aromatic heterocycles. The number of imidazole rings is 1. The molecular weight excluding hydrogens is 532 g/mol. The van der Waals surface area contributed by atoms with Crippen LogP contribution in [0.4, 0.5) is 0 Å². The molecule has 0 saturated carbocycles. The van der Waals surface area contributed by atoms with Gasteiger partial charge in [0.25, 0.3) is 15.9 Å². The van der Waals surface area contributed by atoms with Gasteiger partial charge in [0.1, 0.15) is 11.3 Å². The smallest absolute Gasteiger partial charge is 0.264 e. The predicted octanol–water partition coefficient (Wildman–Crippen LogP) is 6.40. The van der Waals surface area contributed by atoms with E-state index in [4.69, 9.17) is 9.97 Å². The van der Waals surface area contributed by atoms with E-state index in [1.165, 1.54) is 0 Å². The number of benzene rings is 3. The molecule has 0 saturated heterocycles. The Bertz CT molecular complexity index is 1830. The number of carbonyl (C=O) groups is 1. The zero-order chi connectivity index (χ0) is 29.1. The van der Waals surface area contributed by atoms with Crippen molar-refractivity contribution in [3.8, 4) is 11.1 Å². The van der Waals surface area contributed by atoms with Crippen LogP contribution in [-0.4, -0.2) is 28.9 Å². The number of hydrogen-bond donors (Lipinski definition) is 1. The Morgan fingerprint density at radius 2 is 1.59 bits per heavy atom. The van der Waals surface area contributed by atoms with Crippen molar-refractivity contribution in [2.45, 2.75) is 58.4 Å². The zero-order valence-corrected chi connectivity index (χ0v) is 24.6. The van der Waals surface area contributed by atoms with Crippen molar-refractivity contribution in [1.29, 1.82) is 0 Å². The largest absolute Gasteiger partial charge is 0.308 e. The summed E-state index contributed by atoms with van der Waals surface area (Å²) in [6, 6.07) is 23.6. The van der Waals surface area contributed by atoms with E-state index in [0.717, 1.165) is 64.2 Å². The van der Waals surface area contributed by atoms with Gasteiger partial charge in [-0.05, 0) is 72.9 Å². The van der Waals surface area contributed by atoms with Crippen LogP contribution in [0.3, 0.4) is 0 Å². The first-order valence-corrected chi connectivity index (χ1v) is 15.4. The fourth-order valence-corrected chi connectivity index (χ4v) is 6.35. The SMILES string of the molecule is CCCc1ccc(S(=O)(=O)NC(=O)c2ccccc2)c(-c2ccc(Cn3c(CC)nc4c(C)cc(C)nc43)cc2)c1. The fourth-order valence-electron chi connectivity index (χ4n) is 5.16. The van der Waals surface area contributed by atoms with Gasteiger partial charge in [0.2, 0.25) is 0 Å². The Labute approximate surface area is 241 Å². The lowest BCUT2D eigenvalue weighted by molar-refractivity contribution is 0.0981. The Morgan fingerprint density at radius 3 is 2.27 bits per heavy atom. The average molecular weight is 567 g/mol. The van der Waals surface area contributed by atoms with Crippen LogP contribution >= 0.6 is 0 Å². The number of rotatable bonds is 9. The summed E-state index contributed by atoms with van der Waals surface area (Å²) in [7, 11) is -4.13. The van der Waals surface area contributed by atoms with Gasteiger partial charge < -0.3 is 4.57 Å². The van der Waals surface area contributed by atoms with Crippen LogP contribution in [0.15, 0.2) is 83.8 Å². The third-order valence-electron chi connectivity index (χ3n) is 7.16. The van der Waals surface area contributed by atoms with Crippen molar-refractivity contribution >= 4 is 27.1 Å². The van der Waals surface area contributed by atoms with Gasteiger partial charge in [0, 0.05) is 23.2 Å². The lowest BCUT2D eigenvalue weighted by atomic mass is 10.00. The highest BCUT2D eigenvalue weighted by Crippen LogP contribution is 2.30. The summed E-state index contributed by atoms with van der Waals surface area (Å²) in [5, 5.41) is 0. The van der Waals surface area contributed by atoms with Crippen LogP contribution in [0.5, 0.6) is 0 Å². The van der Waals surface area contributed by atoms with E-state index in [0.29, 0.717) is 12.1 Å². The summed E-state index contributed by atoms with van der Waals surface area (Å²) in [5.74, 6) is 0.308. The molecular formula is C33H34N4O3S. The van der Waals surface area contributed by atoms with Gasteiger partial charge in [-0.2, -0.15) is 0 Å². The number of aromatic nitrogens is 3. The van der Waals surface area contributed by atoms with Crippen molar-refractivity contribution in [2.75, 3.05) is 0 Å². The Hall–Kier alpha value is -4.30. The van der Waals surface area contributed by atoms with Gasteiger partial charge in [0.15, 0.2) is 5.65 Å². The quantitative estimate of drug-likeness (QED) is 0.223. The molecule has 2 heterocycles. The standard InChI is InChI=1S/C33H34N4O3S/c1-5-10-24-15-18-29(41(39,40)36-33(38)27-11-8-7-9-12-27)28(20-24)26-16-13-25(14-17-26)21-37-30(6-2)35-31-22(3)19-23(4)34-32(31)37/h7-9,11-20H,5-6,10,21H2,1-4H3,(H,36,38). The molecule has 0 spiro atoms. The maximum absolute atomic E-state index is 13.5. The second-order valence-electron chi connectivity index (χ2n) is 10.3. The molecule has 0 aliphatic rings. The molecule has 1 N–H and O–H groups in total. The third kappa shape index (κ3) is 5.93. The van der Waals surface area contributed by atoms with Crippen LogP contribution in [0, 0.1) is 13.8 Å². The first-order valence-electron chi connectivity index (χ1n) is 13.9. The van der Waals surface area contributed by atoms with Crippen molar-refractivity contribution in [3.63, 3.8) is 0 Å². The van der Waals surface area contributed by atoms with E-state index in [1.807, 2.05) is 43.3 Å². The Balaban J connectivity index is 1.50. The number of aryl methyl sites for hydroxylation is 4. The number of hydrogen-bond acceptors (Lipinski definition) is 5. The minimum Gasteiger partial charge on any atom is -0.308 e. The molecule has 210 valence electrons. The average Bonchev–Trinajstić information content (AvgIpc) is 3.31. The highest BCUT2D eigenvalue weighted by molar-refractivity contribution is 7.90. The molecule has 0 fully saturated rings. The number of nitrogens with zero attached hydrogens (tertiary/aromatic N) is 3. The summed E-state index contributed by atoms with van der Waals surface area (Å²) in [6.07, 6.45) is 2.54. The summed E-state index contributed by atoms with van der Waals surface area (Å²) >= 11 is 0. The number of carbonyl (C=O) groups excluding carboxylic acids is 1. The molecule has 0 radical (unpaired) electrons. The maximum atomic E-state index is 13.5. The Morgan fingerprint density at radius 1 is 0.878 bits per heavy atom. The predicted molar refractivity (Wildman–Crippen MR) is 162 cm³/mol. The van der Waals surface area contributed by atoms with E-state index < -0.39 is 15.9 Å². The second-order valence-corrected chi connectivity index (χ2v) is 11.9. The zero-order valence-electron chi connectivity index (χ0n) is 23.8. The molecule has 0 unspecified atom stereocenters. The monoisotopic (exact) mass is 566 g/mol. The van der Waals surface area contributed by atoms with Gasteiger partial charge in [-0.1, -0.05) is 68.8 Å². The van der Waals surface area contributed by atoms with Gasteiger partial charge in [0.05, 0.1) is 11.4 Å². The van der Waals surface area contributed by atoms with Crippen LogP contribution in [0.2, 0.25) is 0 Å². The minimum absolute atomic E-state index is 0.0680. The van der Waals surface area contributed by atoms with Gasteiger partial charge >= 0.3 is 0 Å². The van der Waals surface area contributed by atoms with E-state index in [1.54, 1.807) is 36.4 Å². The number of amides is 1. The lowest BCUT2D eigenvalue weighted by Gasteiger charge is -2.15. The highest BCUT2D eigenvalue weighted by atomic mass is 32.2. The van der Waals surface area contributed by atoms with E-state index in [-0.39, 0.29) is 10.5 Å². The summed E-state index contributed by atoms with van der Waals surface area (Å²) in [6.45, 7) is 8.82. The fraction of sp³-hybridized carbons (Fsp3) is 0.242. The van der Waals surface area contributed by atoms with E-state index in [2.05, 4.69) is 36.1 Å². The molecule has 1 amide bonds. The highest BCUT2D eigenvalue weighted by Gasteiger charge is 2.23. The number of sulfonamides is 1. The maximum Gasteiger partial charge on any atom is 0.264 e. The molecule has 0 aliphatic carbocycles. The molecule has 3 aromatic carbocycles. The number of pyridine rings is 1. The lowest BCUT2D eigenvalue weighted by Crippen LogP contribution is -2.31. The minimum atomic E-state index is -4.13. The van der Waals surface area contributed by atoms with Crippen molar-refractivity contribution in [1.82, 2.24) is 19.3 Å². The van der Waals surface area contributed by atoms with Crippen molar-refractivity contribution < 1.29 is 13.2 Å². The molecule has 0 aliphatic heterocycles. The second kappa shape index (κ2) is 11.7. The summed E-state index contributed by atoms with van der Waals surface area (Å²) in [4.78, 5) is 22.4. The van der Waals surface area contributed by atoms with E-state index >= 15 is 0 Å². The van der Waals surface area contributed by atoms with E-state index in [9.17, 15) is 13.2 Å². The van der Waals surface area contributed by atoms with Crippen molar-refractivity contribution in [2.24, 2.45) is 0 Å². The third-order valence-corrected chi connectivity index (χ3v) is 8.55. The molecule has 0 bridgehead atoms. The van der Waals surface area contributed by atoms with Crippen LogP contribution in [0.1, 0.15) is 58.8 Å². The van der Waals surface area contributed by atoms with Gasteiger partial charge in [-0.3, -0.25) is 4.79 Å². The number of nitrogens with one attached hydrogen (secondary N) is 1. The molecule has 8 heteroatoms. The Kier molecular flexibility index (Phi) is 8.03. The van der Waals surface area contributed by atoms with Crippen LogP contribution in [-0.2, 0) is 29.4 Å². The topological polar surface area (TPSA) is 94.0 Å². The van der Waals surface area contributed by atoms with Crippen molar-refractivity contribution in [3.05, 3.63) is 113 Å². The summed E-state index contributed by atoms with van der Waals surface area (Å²) < 4.78 is 31.3. The van der Waals surface area contributed by atoms with Gasteiger partial charge in [-0.25, -0.2) is 23.1 Å².